The minimum atomic E-state index is -0.515. The van der Waals surface area contributed by atoms with Crippen LogP contribution in [0.3, 0.4) is 0 Å². The minimum Gasteiger partial charge on any atom is -0.491 e. The summed E-state index contributed by atoms with van der Waals surface area (Å²) >= 11 is 9.53. The zero-order chi connectivity index (χ0) is 18.9. The Morgan fingerprint density at radius 3 is 2.81 bits per heavy atom. The zero-order valence-corrected chi connectivity index (χ0v) is 17.4. The number of hydrogen-bond acceptors (Lipinski definition) is 4. The van der Waals surface area contributed by atoms with Gasteiger partial charge in [-0.1, -0.05) is 33.6 Å². The fraction of sp³-hybridized carbons (Fsp3) is 0.429. The number of hydrogen-bond donors (Lipinski definition) is 1. The van der Waals surface area contributed by atoms with Gasteiger partial charge in [0.1, 0.15) is 29.8 Å². The number of halogens is 2. The molecule has 144 valence electrons. The maximum absolute atomic E-state index is 10.3. The van der Waals surface area contributed by atoms with Crippen molar-refractivity contribution in [3.05, 3.63) is 57.5 Å². The molecule has 4 rings (SSSR count). The quantitative estimate of drug-likeness (QED) is 0.734. The number of fused-ring (bicyclic) bond motifs is 1. The summed E-state index contributed by atoms with van der Waals surface area (Å²) in [5.74, 6) is 1.73. The van der Waals surface area contributed by atoms with Gasteiger partial charge in [-0.05, 0) is 42.0 Å². The van der Waals surface area contributed by atoms with Crippen molar-refractivity contribution in [3.63, 3.8) is 0 Å². The molecule has 2 aliphatic rings. The van der Waals surface area contributed by atoms with E-state index in [9.17, 15) is 5.11 Å². The second-order valence-corrected chi connectivity index (χ2v) is 8.79. The number of piperidine rings is 1. The van der Waals surface area contributed by atoms with Gasteiger partial charge >= 0.3 is 0 Å². The second kappa shape index (κ2) is 8.00. The van der Waals surface area contributed by atoms with E-state index in [-0.39, 0.29) is 5.60 Å². The van der Waals surface area contributed by atoms with E-state index in [2.05, 4.69) is 20.8 Å². The van der Waals surface area contributed by atoms with E-state index in [0.717, 1.165) is 53.3 Å². The molecule has 2 aromatic carbocycles. The van der Waals surface area contributed by atoms with Crippen molar-refractivity contribution in [2.45, 2.75) is 31.0 Å². The molecule has 6 heteroatoms. The molecule has 0 unspecified atom stereocenters. The van der Waals surface area contributed by atoms with Crippen molar-refractivity contribution in [1.29, 1.82) is 0 Å². The molecule has 1 fully saturated rings. The fourth-order valence-corrected chi connectivity index (χ4v) is 4.50. The number of aliphatic hydroxyl groups is 1. The van der Waals surface area contributed by atoms with Crippen LogP contribution in [0.5, 0.6) is 11.5 Å². The summed E-state index contributed by atoms with van der Waals surface area (Å²) in [6.45, 7) is 2.73. The summed E-state index contributed by atoms with van der Waals surface area (Å²) in [4.78, 5) is 2.29. The Hall–Kier alpha value is -1.27. The number of benzene rings is 2. The first-order valence-corrected chi connectivity index (χ1v) is 10.4. The van der Waals surface area contributed by atoms with Crippen molar-refractivity contribution in [3.8, 4) is 11.5 Å². The molecule has 1 N–H and O–H groups in total. The molecular weight excluding hydrogens is 430 g/mol. The lowest BCUT2D eigenvalue weighted by Crippen LogP contribution is -2.49. The summed E-state index contributed by atoms with van der Waals surface area (Å²) in [5, 5.41) is 11.1. The predicted molar refractivity (Wildman–Crippen MR) is 110 cm³/mol. The van der Waals surface area contributed by atoms with Gasteiger partial charge in [-0.3, -0.25) is 0 Å². The van der Waals surface area contributed by atoms with Gasteiger partial charge in [-0.2, -0.15) is 0 Å². The molecule has 0 bridgehead atoms. The van der Waals surface area contributed by atoms with E-state index >= 15 is 0 Å². The van der Waals surface area contributed by atoms with Crippen LogP contribution in [0.1, 0.15) is 18.4 Å². The molecule has 0 saturated carbocycles. The molecule has 1 atom stereocenters. The van der Waals surface area contributed by atoms with E-state index in [1.165, 1.54) is 5.56 Å². The van der Waals surface area contributed by atoms with Crippen LogP contribution in [-0.2, 0) is 6.42 Å². The highest BCUT2D eigenvalue weighted by Crippen LogP contribution is 2.41. The largest absolute Gasteiger partial charge is 0.491 e. The molecule has 0 radical (unpaired) electrons. The average molecular weight is 453 g/mol. The number of nitrogens with zero attached hydrogens (tertiary/aromatic N) is 1. The predicted octanol–water partition coefficient (Wildman–Crippen LogP) is 4.31. The van der Waals surface area contributed by atoms with Crippen LogP contribution in [0.4, 0.5) is 0 Å². The zero-order valence-electron chi connectivity index (χ0n) is 15.0. The molecule has 0 aliphatic carbocycles. The van der Waals surface area contributed by atoms with E-state index in [0.29, 0.717) is 13.2 Å². The number of likely N-dealkylation sites (tertiary alicyclic amines) is 1. The van der Waals surface area contributed by atoms with Crippen molar-refractivity contribution in [2.75, 3.05) is 26.2 Å². The van der Waals surface area contributed by atoms with Crippen LogP contribution < -0.4 is 9.47 Å². The molecule has 2 aliphatic heterocycles. The van der Waals surface area contributed by atoms with Crippen molar-refractivity contribution in [2.24, 2.45) is 0 Å². The average Bonchev–Trinajstić information content (AvgIpc) is 2.99. The van der Waals surface area contributed by atoms with Crippen LogP contribution in [0.2, 0.25) is 5.02 Å². The Morgan fingerprint density at radius 1 is 1.22 bits per heavy atom. The third-order valence-corrected chi connectivity index (χ3v) is 6.06. The monoisotopic (exact) mass is 451 g/mol. The summed E-state index contributed by atoms with van der Waals surface area (Å²) in [5.41, 5.74) is 1.10. The van der Waals surface area contributed by atoms with Gasteiger partial charge in [0.25, 0.3) is 0 Å². The van der Waals surface area contributed by atoms with Gasteiger partial charge in [0.2, 0.25) is 0 Å². The highest BCUT2D eigenvalue weighted by molar-refractivity contribution is 9.10. The standard InChI is InChI=1S/C21H23BrClNO3/c22-16-2-1-3-19(11-16)26-14-18(25)13-24-8-6-21(7-9-24)12-15-10-17(23)4-5-20(15)27-21/h1-5,10-11,18,25H,6-9,12-14H2/t18-/m0/s1. The number of aliphatic hydroxyl groups excluding tert-OH is 1. The summed E-state index contributed by atoms with van der Waals surface area (Å²) < 4.78 is 12.9. The third-order valence-electron chi connectivity index (χ3n) is 5.34. The van der Waals surface area contributed by atoms with Crippen molar-refractivity contribution >= 4 is 27.5 Å². The number of ether oxygens (including phenoxy) is 2. The van der Waals surface area contributed by atoms with Crippen LogP contribution >= 0.6 is 27.5 Å². The highest BCUT2D eigenvalue weighted by atomic mass is 79.9. The first kappa shape index (κ1) is 19.1. The molecule has 0 amide bonds. The van der Waals surface area contributed by atoms with E-state index in [1.54, 1.807) is 0 Å². The lowest BCUT2D eigenvalue weighted by molar-refractivity contribution is -0.00196. The molecule has 27 heavy (non-hydrogen) atoms. The minimum absolute atomic E-state index is 0.110. The number of rotatable bonds is 5. The highest BCUT2D eigenvalue weighted by Gasteiger charge is 2.42. The van der Waals surface area contributed by atoms with Crippen LogP contribution in [0.15, 0.2) is 46.9 Å². The Balaban J connectivity index is 1.25. The maximum atomic E-state index is 10.3. The smallest absolute Gasteiger partial charge is 0.123 e. The molecule has 4 nitrogen and oxygen atoms in total. The Bertz CT molecular complexity index is 808. The lowest BCUT2D eigenvalue weighted by Gasteiger charge is -2.39. The molecular formula is C21H23BrClNO3. The fourth-order valence-electron chi connectivity index (χ4n) is 3.92. The normalized spacial score (nSPS) is 19.5. The molecule has 0 aromatic heterocycles. The summed E-state index contributed by atoms with van der Waals surface area (Å²) in [6.07, 6.45) is 2.32. The second-order valence-electron chi connectivity index (χ2n) is 7.44. The number of β-amino-alcohol motifs (C(OH)–C–C–N with tert-alkyl or cyclic N) is 1. The first-order valence-electron chi connectivity index (χ1n) is 9.28. The molecule has 1 spiro atoms. The van der Waals surface area contributed by atoms with Gasteiger partial charge in [0, 0.05) is 48.4 Å². The van der Waals surface area contributed by atoms with Crippen molar-refractivity contribution < 1.29 is 14.6 Å². The summed E-state index contributed by atoms with van der Waals surface area (Å²) in [7, 11) is 0. The Kier molecular flexibility index (Phi) is 5.65. The van der Waals surface area contributed by atoms with Gasteiger partial charge in [-0.15, -0.1) is 0 Å². The summed E-state index contributed by atoms with van der Waals surface area (Å²) in [6, 6.07) is 13.5. The van der Waals surface area contributed by atoms with E-state index < -0.39 is 6.10 Å². The lowest BCUT2D eigenvalue weighted by atomic mass is 9.87. The Morgan fingerprint density at radius 2 is 2.04 bits per heavy atom. The van der Waals surface area contributed by atoms with E-state index in [4.69, 9.17) is 21.1 Å². The van der Waals surface area contributed by atoms with Gasteiger partial charge in [-0.25, -0.2) is 0 Å². The first-order chi connectivity index (χ1) is 13.0. The van der Waals surface area contributed by atoms with Crippen LogP contribution in [0, 0.1) is 0 Å². The third kappa shape index (κ3) is 4.60. The van der Waals surface area contributed by atoms with Gasteiger partial charge in [0.15, 0.2) is 0 Å². The molecule has 1 saturated heterocycles. The molecule has 2 heterocycles. The van der Waals surface area contributed by atoms with E-state index in [1.807, 2.05) is 42.5 Å². The van der Waals surface area contributed by atoms with Crippen LogP contribution in [0.25, 0.3) is 0 Å². The van der Waals surface area contributed by atoms with Gasteiger partial charge < -0.3 is 19.5 Å². The SMILES string of the molecule is O[C@H](COc1cccc(Br)c1)CN1CCC2(CC1)Cc1cc(Cl)ccc1O2. The Labute approximate surface area is 173 Å². The molecule has 2 aromatic rings. The topological polar surface area (TPSA) is 41.9 Å². The maximum Gasteiger partial charge on any atom is 0.123 e. The van der Waals surface area contributed by atoms with Crippen LogP contribution in [-0.4, -0.2) is 48.0 Å². The van der Waals surface area contributed by atoms with Gasteiger partial charge in [0.05, 0.1) is 0 Å². The van der Waals surface area contributed by atoms with Crippen molar-refractivity contribution in [1.82, 2.24) is 4.90 Å².